The summed E-state index contributed by atoms with van der Waals surface area (Å²) in [6, 6.07) is -0.0676. The number of amides is 1. The highest BCUT2D eigenvalue weighted by Gasteiger charge is 2.29. The van der Waals surface area contributed by atoms with E-state index in [1.54, 1.807) is 0 Å². The van der Waals surface area contributed by atoms with Gasteiger partial charge in [0.25, 0.3) is 5.56 Å². The Hall–Kier alpha value is -1.58. The van der Waals surface area contributed by atoms with Crippen LogP contribution in [0.4, 0.5) is 18.9 Å². The maximum absolute atomic E-state index is 12.3. The second kappa shape index (κ2) is 6.04. The van der Waals surface area contributed by atoms with Crippen molar-refractivity contribution < 1.29 is 18.0 Å². The lowest BCUT2D eigenvalue weighted by Crippen LogP contribution is -2.33. The number of rotatable bonds is 4. The average molecular weight is 369 g/mol. The minimum absolute atomic E-state index is 0.0222. The molecule has 1 amide bonds. The topological polar surface area (TPSA) is 76.0 Å². The van der Waals surface area contributed by atoms with E-state index >= 15 is 0 Å². The van der Waals surface area contributed by atoms with E-state index in [4.69, 9.17) is 0 Å². The molecule has 0 saturated carbocycles. The fraction of sp³-hybridized carbons (Fsp3) is 0.545. The molecule has 6 nitrogen and oxygen atoms in total. The lowest BCUT2D eigenvalue weighted by Gasteiger charge is -2.14. The number of carbonyl (C=O) groups is 1. The molecule has 0 spiro atoms. The molecule has 2 rings (SSSR count). The Morgan fingerprint density at radius 2 is 2.19 bits per heavy atom. The molecule has 1 aromatic heterocycles. The molecule has 1 aliphatic heterocycles. The Morgan fingerprint density at radius 3 is 2.76 bits per heavy atom. The van der Waals surface area contributed by atoms with Crippen molar-refractivity contribution in [1.82, 2.24) is 15.1 Å². The van der Waals surface area contributed by atoms with E-state index in [1.807, 2.05) is 0 Å². The zero-order valence-electron chi connectivity index (χ0n) is 10.7. The summed E-state index contributed by atoms with van der Waals surface area (Å²) >= 11 is 2.97. The Labute approximate surface area is 125 Å². The van der Waals surface area contributed by atoms with Crippen LogP contribution in [0, 0.1) is 0 Å². The van der Waals surface area contributed by atoms with Crippen LogP contribution in [0.2, 0.25) is 0 Å². The van der Waals surface area contributed by atoms with E-state index in [0.29, 0.717) is 29.8 Å². The van der Waals surface area contributed by atoms with E-state index in [-0.39, 0.29) is 16.4 Å². The number of halogens is 4. The second-order valence-electron chi connectivity index (χ2n) is 4.63. The first kappa shape index (κ1) is 15.8. The predicted molar refractivity (Wildman–Crippen MR) is 71.9 cm³/mol. The van der Waals surface area contributed by atoms with Gasteiger partial charge in [0.2, 0.25) is 5.91 Å². The summed E-state index contributed by atoms with van der Waals surface area (Å²) in [7, 11) is 0. The highest BCUT2D eigenvalue weighted by molar-refractivity contribution is 9.10. The molecule has 1 saturated heterocycles. The van der Waals surface area contributed by atoms with Gasteiger partial charge >= 0.3 is 6.18 Å². The maximum atomic E-state index is 12.3. The standard InChI is InChI=1S/C11H12BrF3N4O2/c12-9-7(16-3-6-1-2-8(20)18-6)4-17-19(10(9)21)5-11(13,14)15/h4,6,16H,1-3,5H2,(H,18,20). The van der Waals surface area contributed by atoms with Gasteiger partial charge in [0.1, 0.15) is 11.0 Å². The largest absolute Gasteiger partial charge is 0.408 e. The van der Waals surface area contributed by atoms with Crippen molar-refractivity contribution in [2.24, 2.45) is 0 Å². The van der Waals surface area contributed by atoms with Crippen molar-refractivity contribution in [3.63, 3.8) is 0 Å². The molecule has 0 bridgehead atoms. The smallest absolute Gasteiger partial charge is 0.381 e. The number of carbonyl (C=O) groups excluding carboxylic acids is 1. The summed E-state index contributed by atoms with van der Waals surface area (Å²) in [5, 5.41) is 9.11. The van der Waals surface area contributed by atoms with E-state index in [9.17, 15) is 22.8 Å². The zero-order valence-corrected chi connectivity index (χ0v) is 12.3. The van der Waals surface area contributed by atoms with E-state index < -0.39 is 18.3 Å². The van der Waals surface area contributed by atoms with Gasteiger partial charge in [0.05, 0.1) is 11.9 Å². The highest BCUT2D eigenvalue weighted by atomic mass is 79.9. The Morgan fingerprint density at radius 1 is 1.48 bits per heavy atom. The van der Waals surface area contributed by atoms with Gasteiger partial charge < -0.3 is 10.6 Å². The molecule has 1 aromatic rings. The van der Waals surface area contributed by atoms with Crippen LogP contribution in [0.15, 0.2) is 15.5 Å². The first-order valence-corrected chi connectivity index (χ1v) is 6.91. The van der Waals surface area contributed by atoms with Gasteiger partial charge in [-0.05, 0) is 22.4 Å². The van der Waals surface area contributed by atoms with Crippen molar-refractivity contribution in [3.8, 4) is 0 Å². The SMILES string of the molecule is O=C1CCC(CNc2cnn(CC(F)(F)F)c(=O)c2Br)N1. The van der Waals surface area contributed by atoms with E-state index in [2.05, 4.69) is 31.7 Å². The van der Waals surface area contributed by atoms with Gasteiger partial charge in [-0.15, -0.1) is 0 Å². The molecule has 21 heavy (non-hydrogen) atoms. The minimum atomic E-state index is -4.51. The summed E-state index contributed by atoms with van der Waals surface area (Å²) in [6.07, 6.45) is -2.26. The van der Waals surface area contributed by atoms with Gasteiger partial charge in [-0.1, -0.05) is 0 Å². The number of anilines is 1. The molecule has 2 N–H and O–H groups in total. The first-order chi connectivity index (χ1) is 9.76. The molecule has 0 aliphatic carbocycles. The van der Waals surface area contributed by atoms with Crippen LogP contribution >= 0.6 is 15.9 Å². The monoisotopic (exact) mass is 368 g/mol. The van der Waals surface area contributed by atoms with Crippen LogP contribution in [-0.2, 0) is 11.3 Å². The molecule has 10 heteroatoms. The molecule has 2 heterocycles. The second-order valence-corrected chi connectivity index (χ2v) is 5.43. The molecule has 0 aromatic carbocycles. The quantitative estimate of drug-likeness (QED) is 0.838. The minimum Gasteiger partial charge on any atom is -0.381 e. The van der Waals surface area contributed by atoms with Crippen LogP contribution in [0.25, 0.3) is 0 Å². The number of aromatic nitrogens is 2. The number of hydrogen-bond donors (Lipinski definition) is 2. The fourth-order valence-corrected chi connectivity index (χ4v) is 2.38. The highest BCUT2D eigenvalue weighted by Crippen LogP contribution is 2.20. The Kier molecular flexibility index (Phi) is 4.55. The Balaban J connectivity index is 2.06. The van der Waals surface area contributed by atoms with Crippen molar-refractivity contribution in [1.29, 1.82) is 0 Å². The molecule has 1 aliphatic rings. The molecule has 116 valence electrons. The summed E-state index contributed by atoms with van der Waals surface area (Å²) in [5.74, 6) is -0.0421. The fourth-order valence-electron chi connectivity index (χ4n) is 1.93. The Bertz CT molecular complexity index is 602. The van der Waals surface area contributed by atoms with Crippen molar-refractivity contribution in [3.05, 3.63) is 21.0 Å². The van der Waals surface area contributed by atoms with Gasteiger partial charge in [0.15, 0.2) is 0 Å². The third-order valence-corrected chi connectivity index (χ3v) is 3.70. The molecular weight excluding hydrogens is 357 g/mol. The third kappa shape index (κ3) is 4.19. The van der Waals surface area contributed by atoms with Gasteiger partial charge in [-0.3, -0.25) is 9.59 Å². The van der Waals surface area contributed by atoms with Crippen LogP contribution in [0.3, 0.4) is 0 Å². The molecular formula is C11H12BrF3N4O2. The maximum Gasteiger partial charge on any atom is 0.408 e. The average Bonchev–Trinajstić information content (AvgIpc) is 2.79. The van der Waals surface area contributed by atoms with Crippen molar-refractivity contribution in [2.45, 2.75) is 31.6 Å². The van der Waals surface area contributed by atoms with Crippen molar-refractivity contribution in [2.75, 3.05) is 11.9 Å². The van der Waals surface area contributed by atoms with E-state index in [1.165, 1.54) is 0 Å². The van der Waals surface area contributed by atoms with Gasteiger partial charge in [-0.25, -0.2) is 4.68 Å². The lowest BCUT2D eigenvalue weighted by molar-refractivity contribution is -0.143. The van der Waals surface area contributed by atoms with Crippen LogP contribution in [-0.4, -0.2) is 34.5 Å². The normalized spacial score (nSPS) is 18.7. The molecule has 1 fully saturated rings. The van der Waals surface area contributed by atoms with Crippen LogP contribution in [0.5, 0.6) is 0 Å². The number of nitrogens with one attached hydrogen (secondary N) is 2. The number of alkyl halides is 3. The van der Waals surface area contributed by atoms with E-state index in [0.717, 1.165) is 6.20 Å². The van der Waals surface area contributed by atoms with Crippen LogP contribution < -0.4 is 16.2 Å². The number of nitrogens with zero attached hydrogens (tertiary/aromatic N) is 2. The summed E-state index contributed by atoms with van der Waals surface area (Å²) in [4.78, 5) is 22.8. The molecule has 1 atom stereocenters. The van der Waals surface area contributed by atoms with Crippen molar-refractivity contribution >= 4 is 27.5 Å². The summed E-state index contributed by atoms with van der Waals surface area (Å²) in [6.45, 7) is -1.07. The molecule has 0 radical (unpaired) electrons. The predicted octanol–water partition coefficient (Wildman–Crippen LogP) is 1.26. The zero-order chi connectivity index (χ0) is 15.6. The summed E-state index contributed by atoms with van der Waals surface area (Å²) in [5.41, 5.74) is -0.577. The van der Waals surface area contributed by atoms with Crippen LogP contribution in [0.1, 0.15) is 12.8 Å². The molecule has 1 unspecified atom stereocenters. The first-order valence-electron chi connectivity index (χ1n) is 6.12. The number of hydrogen-bond acceptors (Lipinski definition) is 4. The third-order valence-electron chi connectivity index (χ3n) is 2.94. The lowest BCUT2D eigenvalue weighted by atomic mass is 10.2. The van der Waals surface area contributed by atoms with Gasteiger partial charge in [0, 0.05) is 19.0 Å². The summed E-state index contributed by atoms with van der Waals surface area (Å²) < 4.78 is 37.1. The van der Waals surface area contributed by atoms with Gasteiger partial charge in [-0.2, -0.15) is 18.3 Å².